The van der Waals surface area contributed by atoms with Crippen LogP contribution in [-0.2, 0) is 19.9 Å². The van der Waals surface area contributed by atoms with E-state index in [1.807, 2.05) is 91.0 Å². The van der Waals surface area contributed by atoms with Crippen molar-refractivity contribution < 1.29 is 19.4 Å². The Bertz CT molecular complexity index is 766. The van der Waals surface area contributed by atoms with Crippen molar-refractivity contribution in [1.82, 2.24) is 0 Å². The van der Waals surface area contributed by atoms with Crippen LogP contribution >= 0.6 is 0 Å². The van der Waals surface area contributed by atoms with Crippen molar-refractivity contribution in [1.29, 1.82) is 0 Å². The molecule has 0 aliphatic heterocycles. The third-order valence-electron chi connectivity index (χ3n) is 4.66. The van der Waals surface area contributed by atoms with E-state index in [1.54, 1.807) is 0 Å². The number of ether oxygens (including phenoxy) is 2. The van der Waals surface area contributed by atoms with E-state index in [1.165, 1.54) is 7.11 Å². The van der Waals surface area contributed by atoms with Crippen molar-refractivity contribution in [2.24, 2.45) is 0 Å². The molecule has 144 valence electrons. The summed E-state index contributed by atoms with van der Waals surface area (Å²) in [6, 6.07) is 29.7. The molecule has 0 radical (unpaired) electrons. The van der Waals surface area contributed by atoms with Gasteiger partial charge in [-0.25, -0.2) is 0 Å². The number of esters is 1. The zero-order chi connectivity index (χ0) is 19.8. The molecule has 0 saturated heterocycles. The molecule has 3 aromatic carbocycles. The molecule has 0 saturated carbocycles. The first kappa shape index (κ1) is 19.8. The summed E-state index contributed by atoms with van der Waals surface area (Å²) in [6.07, 6.45) is -1.09. The minimum Gasteiger partial charge on any atom is -0.469 e. The molecule has 0 spiro atoms. The lowest BCUT2D eigenvalue weighted by atomic mass is 9.80. The fourth-order valence-electron chi connectivity index (χ4n) is 3.32. The van der Waals surface area contributed by atoms with Crippen molar-refractivity contribution in [3.05, 3.63) is 108 Å². The van der Waals surface area contributed by atoms with E-state index in [-0.39, 0.29) is 13.0 Å². The Morgan fingerprint density at radius 2 is 1.21 bits per heavy atom. The van der Waals surface area contributed by atoms with Gasteiger partial charge in [-0.3, -0.25) is 4.79 Å². The second kappa shape index (κ2) is 9.31. The minimum absolute atomic E-state index is 0.0201. The van der Waals surface area contributed by atoms with Crippen LogP contribution in [-0.4, -0.2) is 30.9 Å². The highest BCUT2D eigenvalue weighted by Gasteiger charge is 2.38. The lowest BCUT2D eigenvalue weighted by molar-refractivity contribution is -0.144. The predicted octanol–water partition coefficient (Wildman–Crippen LogP) is 3.92. The number of aliphatic hydroxyl groups excluding tert-OH is 1. The molecule has 1 atom stereocenters. The Morgan fingerprint density at radius 1 is 0.821 bits per heavy atom. The van der Waals surface area contributed by atoms with E-state index in [4.69, 9.17) is 4.74 Å². The summed E-state index contributed by atoms with van der Waals surface area (Å²) in [5, 5.41) is 10.3. The van der Waals surface area contributed by atoms with Crippen LogP contribution in [0.25, 0.3) is 0 Å². The highest BCUT2D eigenvalue weighted by molar-refractivity contribution is 5.69. The van der Waals surface area contributed by atoms with Crippen LogP contribution in [0.4, 0.5) is 0 Å². The van der Waals surface area contributed by atoms with Crippen LogP contribution in [0.15, 0.2) is 91.0 Å². The fourth-order valence-corrected chi connectivity index (χ4v) is 3.32. The van der Waals surface area contributed by atoms with Crippen LogP contribution in [0, 0.1) is 0 Å². The van der Waals surface area contributed by atoms with Gasteiger partial charge in [0.2, 0.25) is 0 Å². The number of carbonyl (C=O) groups is 1. The van der Waals surface area contributed by atoms with Gasteiger partial charge in [-0.05, 0) is 16.7 Å². The highest BCUT2D eigenvalue weighted by atomic mass is 16.5. The molecule has 0 unspecified atom stereocenters. The third kappa shape index (κ3) is 4.30. The third-order valence-corrected chi connectivity index (χ3v) is 4.66. The molecular formula is C24H24O4. The van der Waals surface area contributed by atoms with Gasteiger partial charge in [-0.15, -0.1) is 0 Å². The molecule has 1 N–H and O–H groups in total. The average molecular weight is 376 g/mol. The topological polar surface area (TPSA) is 55.8 Å². The monoisotopic (exact) mass is 376 g/mol. The quantitative estimate of drug-likeness (QED) is 0.478. The summed E-state index contributed by atoms with van der Waals surface area (Å²) < 4.78 is 11.1. The Balaban J connectivity index is 2.07. The molecule has 0 bridgehead atoms. The van der Waals surface area contributed by atoms with Crippen molar-refractivity contribution in [3.8, 4) is 0 Å². The Hall–Kier alpha value is -2.95. The summed E-state index contributed by atoms with van der Waals surface area (Å²) in [4.78, 5) is 11.5. The van der Waals surface area contributed by atoms with Crippen molar-refractivity contribution in [2.45, 2.75) is 18.1 Å². The van der Waals surface area contributed by atoms with Crippen LogP contribution in [0.2, 0.25) is 0 Å². The zero-order valence-corrected chi connectivity index (χ0v) is 15.8. The molecule has 0 aromatic heterocycles. The molecule has 0 fully saturated rings. The van der Waals surface area contributed by atoms with E-state index < -0.39 is 17.7 Å². The van der Waals surface area contributed by atoms with Crippen LogP contribution in [0.3, 0.4) is 0 Å². The summed E-state index contributed by atoms with van der Waals surface area (Å²) >= 11 is 0. The molecule has 0 amide bonds. The molecule has 3 rings (SSSR count). The van der Waals surface area contributed by atoms with Crippen molar-refractivity contribution in [2.75, 3.05) is 13.7 Å². The van der Waals surface area contributed by atoms with Gasteiger partial charge in [0.05, 0.1) is 26.2 Å². The zero-order valence-electron chi connectivity index (χ0n) is 15.8. The van der Waals surface area contributed by atoms with Crippen molar-refractivity contribution >= 4 is 5.97 Å². The second-order valence-corrected chi connectivity index (χ2v) is 6.52. The summed E-state index contributed by atoms with van der Waals surface area (Å²) in [6.45, 7) is -0.0201. The standard InChI is InChI=1S/C24H24O4/c1-27-23(26)17-22(25)18-28-24(19-11-5-2-6-12-19,20-13-7-3-8-14-20)21-15-9-4-10-16-21/h2-16,22,25H,17-18H2,1H3/t22-/m0/s1. The van der Waals surface area contributed by atoms with Crippen LogP contribution < -0.4 is 0 Å². The summed E-state index contributed by atoms with van der Waals surface area (Å²) in [5.74, 6) is -0.471. The SMILES string of the molecule is COC(=O)C[C@H](O)COC(c1ccccc1)(c1ccccc1)c1ccccc1. The number of carbonyl (C=O) groups excluding carboxylic acids is 1. The normalized spacial score (nSPS) is 12.4. The Labute approximate surface area is 165 Å². The second-order valence-electron chi connectivity index (χ2n) is 6.52. The lowest BCUT2D eigenvalue weighted by Crippen LogP contribution is -2.36. The van der Waals surface area contributed by atoms with Gasteiger partial charge in [0.25, 0.3) is 0 Å². The maximum atomic E-state index is 11.5. The molecule has 0 aliphatic rings. The molecule has 0 heterocycles. The van der Waals surface area contributed by atoms with Gasteiger partial charge in [-0.1, -0.05) is 91.0 Å². The van der Waals surface area contributed by atoms with Gasteiger partial charge in [-0.2, -0.15) is 0 Å². The van der Waals surface area contributed by atoms with E-state index in [0.29, 0.717) is 0 Å². The van der Waals surface area contributed by atoms with E-state index in [0.717, 1.165) is 16.7 Å². The van der Waals surface area contributed by atoms with E-state index in [9.17, 15) is 9.90 Å². The first-order valence-electron chi connectivity index (χ1n) is 9.22. The first-order valence-corrected chi connectivity index (χ1v) is 9.22. The molecule has 4 heteroatoms. The van der Waals surface area contributed by atoms with Crippen LogP contribution in [0.5, 0.6) is 0 Å². The van der Waals surface area contributed by atoms with Gasteiger partial charge in [0, 0.05) is 0 Å². The van der Waals surface area contributed by atoms with E-state index in [2.05, 4.69) is 4.74 Å². The number of aliphatic hydroxyl groups is 1. The molecular weight excluding hydrogens is 352 g/mol. The van der Waals surface area contributed by atoms with Crippen LogP contribution in [0.1, 0.15) is 23.1 Å². The smallest absolute Gasteiger partial charge is 0.308 e. The minimum atomic E-state index is -0.969. The number of methoxy groups -OCH3 is 1. The molecule has 28 heavy (non-hydrogen) atoms. The lowest BCUT2D eigenvalue weighted by Gasteiger charge is -2.36. The van der Waals surface area contributed by atoms with Gasteiger partial charge < -0.3 is 14.6 Å². The molecule has 0 aliphatic carbocycles. The number of hydrogen-bond acceptors (Lipinski definition) is 4. The maximum absolute atomic E-state index is 11.5. The van der Waals surface area contributed by atoms with Gasteiger partial charge in [0.1, 0.15) is 5.60 Å². The Morgan fingerprint density at radius 3 is 1.57 bits per heavy atom. The highest BCUT2D eigenvalue weighted by Crippen LogP contribution is 2.40. The number of hydrogen-bond donors (Lipinski definition) is 1. The average Bonchev–Trinajstić information content (AvgIpc) is 2.76. The molecule has 4 nitrogen and oxygen atoms in total. The van der Waals surface area contributed by atoms with Gasteiger partial charge >= 0.3 is 5.97 Å². The summed E-state index contributed by atoms with van der Waals surface area (Å²) in [5.41, 5.74) is 1.91. The number of benzene rings is 3. The Kier molecular flexibility index (Phi) is 6.58. The molecule has 3 aromatic rings. The summed E-state index contributed by atoms with van der Waals surface area (Å²) in [7, 11) is 1.30. The number of rotatable bonds is 8. The predicted molar refractivity (Wildman–Crippen MR) is 108 cm³/mol. The van der Waals surface area contributed by atoms with E-state index >= 15 is 0 Å². The largest absolute Gasteiger partial charge is 0.469 e. The maximum Gasteiger partial charge on any atom is 0.308 e. The van der Waals surface area contributed by atoms with Crippen molar-refractivity contribution in [3.63, 3.8) is 0 Å². The van der Waals surface area contributed by atoms with Gasteiger partial charge in [0.15, 0.2) is 0 Å². The first-order chi connectivity index (χ1) is 13.7. The fraction of sp³-hybridized carbons (Fsp3) is 0.208.